The number of thiazole rings is 1. The van der Waals surface area contributed by atoms with E-state index in [9.17, 15) is 23.7 Å². The van der Waals surface area contributed by atoms with Gasteiger partial charge in [0, 0.05) is 29.6 Å². The van der Waals surface area contributed by atoms with E-state index in [0.717, 1.165) is 35.3 Å². The molecule has 2 aromatic heterocycles. The van der Waals surface area contributed by atoms with Crippen molar-refractivity contribution in [3.05, 3.63) is 57.0 Å². The number of thiophene rings is 1. The number of fused-ring (bicyclic) bond motifs is 1. The minimum Gasteiger partial charge on any atom is -0.309 e. The third kappa shape index (κ3) is 5.23. The van der Waals surface area contributed by atoms with Gasteiger partial charge in [-0.25, -0.2) is 13.8 Å². The first-order valence-corrected chi connectivity index (χ1v) is 10.5. The van der Waals surface area contributed by atoms with Crippen LogP contribution in [-0.4, -0.2) is 47.9 Å². The van der Waals surface area contributed by atoms with Crippen LogP contribution in [0.1, 0.15) is 11.3 Å². The lowest BCUT2D eigenvalue weighted by Crippen LogP contribution is -2.32. The van der Waals surface area contributed by atoms with Gasteiger partial charge in [-0.3, -0.25) is 19.8 Å². The molecular weight excluding hydrogens is 434 g/mol. The molecular formula is C19H18F2N4O3S2. The molecule has 0 unspecified atom stereocenters. The second-order valence-electron chi connectivity index (χ2n) is 6.64. The zero-order valence-electron chi connectivity index (χ0n) is 16.2. The largest absolute Gasteiger partial charge is 0.324 e. The van der Waals surface area contributed by atoms with Crippen LogP contribution < -0.4 is 4.90 Å². The van der Waals surface area contributed by atoms with E-state index in [4.69, 9.17) is 0 Å². The molecule has 7 nitrogen and oxygen atoms in total. The number of aromatic nitrogens is 1. The smallest absolute Gasteiger partial charge is 0.309 e. The Bertz CT molecular complexity index is 1110. The number of hydrogen-bond acceptors (Lipinski definition) is 7. The maximum absolute atomic E-state index is 14.0. The normalized spacial score (nSPS) is 11.6. The predicted molar refractivity (Wildman–Crippen MR) is 115 cm³/mol. The summed E-state index contributed by atoms with van der Waals surface area (Å²) in [7, 11) is 3.82. The van der Waals surface area contributed by atoms with Crippen LogP contribution in [0.15, 0.2) is 30.3 Å². The van der Waals surface area contributed by atoms with Crippen molar-refractivity contribution >= 4 is 55.0 Å². The summed E-state index contributed by atoms with van der Waals surface area (Å²) in [5, 5.41) is 11.0. The number of benzene rings is 1. The van der Waals surface area contributed by atoms with Gasteiger partial charge in [-0.05, 0) is 45.3 Å². The van der Waals surface area contributed by atoms with Crippen LogP contribution in [0.3, 0.4) is 0 Å². The van der Waals surface area contributed by atoms with E-state index >= 15 is 0 Å². The van der Waals surface area contributed by atoms with Gasteiger partial charge in [-0.2, -0.15) is 0 Å². The number of anilines is 1. The Morgan fingerprint density at radius 3 is 2.67 bits per heavy atom. The molecule has 3 aromatic rings. The maximum atomic E-state index is 14.0. The van der Waals surface area contributed by atoms with Crippen LogP contribution in [0.5, 0.6) is 0 Å². The molecule has 0 bridgehead atoms. The SMILES string of the molecule is CN(C)CCCN(C(=O)C=Cc1ccc([N+](=O)[O-])s1)c1nc2c(F)cc(F)cc2s1. The summed E-state index contributed by atoms with van der Waals surface area (Å²) in [6, 6.07) is 4.86. The Morgan fingerprint density at radius 1 is 1.23 bits per heavy atom. The van der Waals surface area contributed by atoms with Gasteiger partial charge in [-0.15, -0.1) is 0 Å². The fraction of sp³-hybridized carbons (Fsp3) is 0.263. The van der Waals surface area contributed by atoms with E-state index in [0.29, 0.717) is 22.5 Å². The lowest BCUT2D eigenvalue weighted by molar-refractivity contribution is -0.380. The lowest BCUT2D eigenvalue weighted by atomic mass is 10.3. The highest BCUT2D eigenvalue weighted by atomic mass is 32.1. The number of hydrogen-bond donors (Lipinski definition) is 0. The van der Waals surface area contributed by atoms with E-state index in [1.165, 1.54) is 29.2 Å². The molecule has 0 N–H and O–H groups in total. The Morgan fingerprint density at radius 2 is 2.00 bits per heavy atom. The van der Waals surface area contributed by atoms with Crippen LogP contribution in [0.2, 0.25) is 0 Å². The minimum atomic E-state index is -0.783. The van der Waals surface area contributed by atoms with Crippen molar-refractivity contribution in [2.75, 3.05) is 32.1 Å². The predicted octanol–water partition coefficient (Wildman–Crippen LogP) is 4.54. The maximum Gasteiger partial charge on any atom is 0.324 e. The van der Waals surface area contributed by atoms with E-state index in [2.05, 4.69) is 4.98 Å². The molecule has 0 saturated heterocycles. The highest BCUT2D eigenvalue weighted by molar-refractivity contribution is 7.22. The first-order valence-electron chi connectivity index (χ1n) is 8.88. The molecule has 0 aliphatic carbocycles. The average molecular weight is 453 g/mol. The fourth-order valence-corrected chi connectivity index (χ4v) is 4.44. The molecule has 0 fully saturated rings. The van der Waals surface area contributed by atoms with E-state index in [1.807, 2.05) is 19.0 Å². The second-order valence-corrected chi connectivity index (χ2v) is 8.75. The number of rotatable bonds is 8. The van der Waals surface area contributed by atoms with Crippen LogP contribution in [0.4, 0.5) is 18.9 Å². The number of nitrogens with zero attached hydrogens (tertiary/aromatic N) is 4. The fourth-order valence-electron chi connectivity index (χ4n) is 2.68. The van der Waals surface area contributed by atoms with E-state index < -0.39 is 22.5 Å². The molecule has 0 saturated carbocycles. The Labute approximate surface area is 179 Å². The van der Waals surface area contributed by atoms with Gasteiger partial charge in [0.1, 0.15) is 11.3 Å². The van der Waals surface area contributed by atoms with Gasteiger partial charge in [0.25, 0.3) is 5.91 Å². The molecule has 0 spiro atoms. The standard InChI is InChI=1S/C19H18F2N4O3S2/c1-23(2)8-3-9-24(16(26)6-4-13-5-7-17(29-13)25(27)28)19-22-18-14(21)10-12(20)11-15(18)30-19/h4-7,10-11H,3,8-9H2,1-2H3. The topological polar surface area (TPSA) is 79.6 Å². The van der Waals surface area contributed by atoms with Crippen LogP contribution >= 0.6 is 22.7 Å². The van der Waals surface area contributed by atoms with Crippen molar-refractivity contribution in [2.24, 2.45) is 0 Å². The molecule has 0 aliphatic rings. The summed E-state index contributed by atoms with van der Waals surface area (Å²) in [5.74, 6) is -1.89. The molecule has 1 aromatic carbocycles. The number of halogens is 2. The number of amides is 1. The van der Waals surface area contributed by atoms with Gasteiger partial charge in [-0.1, -0.05) is 22.7 Å². The summed E-state index contributed by atoms with van der Waals surface area (Å²) < 4.78 is 27.9. The van der Waals surface area contributed by atoms with Gasteiger partial charge in [0.15, 0.2) is 10.9 Å². The lowest BCUT2D eigenvalue weighted by Gasteiger charge is -2.19. The van der Waals surface area contributed by atoms with Gasteiger partial charge in [0.2, 0.25) is 0 Å². The number of carbonyl (C=O) groups excluding carboxylic acids is 1. The minimum absolute atomic E-state index is 0.0136. The molecule has 0 radical (unpaired) electrons. The molecule has 3 rings (SSSR count). The number of nitro groups is 1. The van der Waals surface area contributed by atoms with Crippen molar-refractivity contribution in [3.8, 4) is 0 Å². The highest BCUT2D eigenvalue weighted by Gasteiger charge is 2.20. The molecule has 158 valence electrons. The molecule has 1 amide bonds. The summed E-state index contributed by atoms with van der Waals surface area (Å²) in [6.07, 6.45) is 3.44. The summed E-state index contributed by atoms with van der Waals surface area (Å²) in [6.45, 7) is 1.05. The van der Waals surface area contributed by atoms with Crippen molar-refractivity contribution in [1.82, 2.24) is 9.88 Å². The number of carbonyl (C=O) groups is 1. The molecule has 11 heteroatoms. The molecule has 0 aliphatic heterocycles. The van der Waals surface area contributed by atoms with Gasteiger partial charge in [0.05, 0.1) is 9.62 Å². The third-order valence-corrected chi connectivity index (χ3v) is 6.10. The second kappa shape index (κ2) is 9.37. The van der Waals surface area contributed by atoms with Crippen LogP contribution in [-0.2, 0) is 4.79 Å². The van der Waals surface area contributed by atoms with Crippen molar-refractivity contribution in [3.63, 3.8) is 0 Å². The van der Waals surface area contributed by atoms with Crippen LogP contribution in [0.25, 0.3) is 16.3 Å². The zero-order chi connectivity index (χ0) is 21.8. The summed E-state index contributed by atoms with van der Waals surface area (Å²) in [4.78, 5) is 31.3. The van der Waals surface area contributed by atoms with Crippen LogP contribution in [0, 0.1) is 21.7 Å². The first kappa shape index (κ1) is 21.9. The Hall–Kier alpha value is -2.76. The van der Waals surface area contributed by atoms with E-state index in [-0.39, 0.29) is 15.6 Å². The van der Waals surface area contributed by atoms with E-state index in [1.54, 1.807) is 6.07 Å². The third-order valence-electron chi connectivity index (χ3n) is 4.07. The molecule has 30 heavy (non-hydrogen) atoms. The quantitative estimate of drug-likeness (QED) is 0.285. The van der Waals surface area contributed by atoms with Crippen molar-refractivity contribution in [1.29, 1.82) is 0 Å². The van der Waals surface area contributed by atoms with Crippen molar-refractivity contribution < 1.29 is 18.5 Å². The summed E-state index contributed by atoms with van der Waals surface area (Å²) >= 11 is 1.98. The Balaban J connectivity index is 1.87. The average Bonchev–Trinajstić information content (AvgIpc) is 3.30. The molecule has 0 atom stereocenters. The van der Waals surface area contributed by atoms with Gasteiger partial charge < -0.3 is 4.90 Å². The van der Waals surface area contributed by atoms with Gasteiger partial charge >= 0.3 is 5.00 Å². The zero-order valence-corrected chi connectivity index (χ0v) is 17.8. The Kier molecular flexibility index (Phi) is 6.85. The highest BCUT2D eigenvalue weighted by Crippen LogP contribution is 2.32. The first-order chi connectivity index (χ1) is 14.2. The monoisotopic (exact) mass is 452 g/mol. The summed E-state index contributed by atoms with van der Waals surface area (Å²) in [5.41, 5.74) is 0.0136. The van der Waals surface area contributed by atoms with Crippen molar-refractivity contribution in [2.45, 2.75) is 6.42 Å². The molecule has 2 heterocycles.